The molecule has 6 heteroatoms. The zero-order valence-electron chi connectivity index (χ0n) is 11.2. The molecule has 0 fully saturated rings. The highest BCUT2D eigenvalue weighted by Crippen LogP contribution is 2.31. The monoisotopic (exact) mass is 310 g/mol. The van der Waals surface area contributed by atoms with Crippen LogP contribution in [0.25, 0.3) is 11.0 Å². The summed E-state index contributed by atoms with van der Waals surface area (Å²) in [5, 5.41) is 0.534. The molecule has 0 spiro atoms. The molecule has 2 aromatic carbocycles. The van der Waals surface area contributed by atoms with Gasteiger partial charge >= 0.3 is 6.18 Å². The van der Waals surface area contributed by atoms with E-state index in [1.807, 2.05) is 0 Å². The van der Waals surface area contributed by atoms with E-state index in [9.17, 15) is 17.6 Å². The average molecular weight is 310 g/mol. The van der Waals surface area contributed by atoms with Crippen LogP contribution in [0.15, 0.2) is 53.1 Å². The molecule has 0 N–H and O–H groups in total. The number of furan rings is 1. The highest BCUT2D eigenvalue weighted by Gasteiger charge is 2.30. The van der Waals surface area contributed by atoms with E-state index in [0.29, 0.717) is 16.5 Å². The Morgan fingerprint density at radius 3 is 2.64 bits per heavy atom. The second-order valence-electron chi connectivity index (χ2n) is 4.72. The summed E-state index contributed by atoms with van der Waals surface area (Å²) in [4.78, 5) is 0. The maximum absolute atomic E-state index is 13.2. The third-order valence-electron chi connectivity index (χ3n) is 3.17. The van der Waals surface area contributed by atoms with Crippen LogP contribution in [0.2, 0.25) is 0 Å². The van der Waals surface area contributed by atoms with Gasteiger partial charge in [-0.2, -0.15) is 13.2 Å². The molecular weight excluding hydrogens is 300 g/mol. The number of hydrogen-bond acceptors (Lipinski definition) is 2. The van der Waals surface area contributed by atoms with Gasteiger partial charge in [0.15, 0.2) is 0 Å². The maximum Gasteiger partial charge on any atom is 0.416 e. The van der Waals surface area contributed by atoms with E-state index < -0.39 is 17.6 Å². The Balaban J connectivity index is 1.81. The lowest BCUT2D eigenvalue weighted by molar-refractivity contribution is -0.137. The standard InChI is InChI=1S/C16H10F4O2/c17-12-4-5-15-14(7-12)10(9-22-15)8-21-13-3-1-2-11(6-13)16(18,19)20/h1-7,9H,8H2. The number of fused-ring (bicyclic) bond motifs is 1. The zero-order valence-corrected chi connectivity index (χ0v) is 11.2. The molecule has 1 heterocycles. The van der Waals surface area contributed by atoms with Crippen LogP contribution >= 0.6 is 0 Å². The van der Waals surface area contributed by atoms with Gasteiger partial charge in [-0.3, -0.25) is 0 Å². The van der Waals surface area contributed by atoms with Crippen molar-refractivity contribution in [3.05, 3.63) is 65.7 Å². The Morgan fingerprint density at radius 1 is 1.05 bits per heavy atom. The Hall–Kier alpha value is -2.50. The van der Waals surface area contributed by atoms with Gasteiger partial charge in [0.2, 0.25) is 0 Å². The minimum Gasteiger partial charge on any atom is -0.489 e. The molecular formula is C16H10F4O2. The van der Waals surface area contributed by atoms with Crippen molar-refractivity contribution in [2.24, 2.45) is 0 Å². The van der Waals surface area contributed by atoms with E-state index in [0.717, 1.165) is 12.1 Å². The van der Waals surface area contributed by atoms with Crippen molar-refractivity contribution in [2.45, 2.75) is 12.8 Å². The molecule has 0 saturated heterocycles. The van der Waals surface area contributed by atoms with Crippen molar-refractivity contribution in [2.75, 3.05) is 0 Å². The van der Waals surface area contributed by atoms with Gasteiger partial charge in [0.05, 0.1) is 11.8 Å². The quantitative estimate of drug-likeness (QED) is 0.623. The lowest BCUT2D eigenvalue weighted by Crippen LogP contribution is -2.05. The lowest BCUT2D eigenvalue weighted by atomic mass is 10.2. The van der Waals surface area contributed by atoms with Crippen LogP contribution in [0.5, 0.6) is 5.75 Å². The summed E-state index contributed by atoms with van der Waals surface area (Å²) in [6, 6.07) is 8.63. The minimum atomic E-state index is -4.43. The maximum atomic E-state index is 13.2. The van der Waals surface area contributed by atoms with E-state index in [2.05, 4.69) is 0 Å². The predicted molar refractivity (Wildman–Crippen MR) is 71.9 cm³/mol. The van der Waals surface area contributed by atoms with E-state index in [4.69, 9.17) is 9.15 Å². The Kier molecular flexibility index (Phi) is 3.52. The zero-order chi connectivity index (χ0) is 15.7. The second-order valence-corrected chi connectivity index (χ2v) is 4.72. The second kappa shape index (κ2) is 5.36. The molecule has 0 saturated carbocycles. The molecule has 0 amide bonds. The predicted octanol–water partition coefficient (Wildman–Crippen LogP) is 5.17. The Bertz CT molecular complexity index is 805. The van der Waals surface area contributed by atoms with Crippen LogP contribution in [0.1, 0.15) is 11.1 Å². The van der Waals surface area contributed by atoms with Gasteiger partial charge in [0.25, 0.3) is 0 Å². The van der Waals surface area contributed by atoms with E-state index in [1.54, 1.807) is 0 Å². The first-order chi connectivity index (χ1) is 10.4. The minimum absolute atomic E-state index is 0.0161. The number of rotatable bonds is 3. The van der Waals surface area contributed by atoms with Crippen molar-refractivity contribution in [1.82, 2.24) is 0 Å². The van der Waals surface area contributed by atoms with Gasteiger partial charge in [-0.15, -0.1) is 0 Å². The first kappa shape index (κ1) is 14.4. The Morgan fingerprint density at radius 2 is 1.86 bits per heavy atom. The fourth-order valence-corrected chi connectivity index (χ4v) is 2.09. The van der Waals surface area contributed by atoms with Gasteiger partial charge in [-0.05, 0) is 36.4 Å². The molecule has 0 bridgehead atoms. The number of benzene rings is 2. The normalized spacial score (nSPS) is 11.8. The summed E-state index contributed by atoms with van der Waals surface area (Å²) in [6.07, 6.45) is -3.03. The fraction of sp³-hybridized carbons (Fsp3) is 0.125. The number of alkyl halides is 3. The first-order valence-corrected chi connectivity index (χ1v) is 6.39. The highest BCUT2D eigenvalue weighted by atomic mass is 19.4. The lowest BCUT2D eigenvalue weighted by Gasteiger charge is -2.09. The molecule has 114 valence electrons. The summed E-state index contributed by atoms with van der Waals surface area (Å²) in [5.41, 5.74) is 0.268. The van der Waals surface area contributed by atoms with E-state index in [1.165, 1.54) is 36.6 Å². The van der Waals surface area contributed by atoms with Crippen LogP contribution in [0, 0.1) is 5.82 Å². The molecule has 2 nitrogen and oxygen atoms in total. The Labute approximate surface area is 122 Å². The molecule has 0 aliphatic rings. The van der Waals surface area contributed by atoms with E-state index >= 15 is 0 Å². The van der Waals surface area contributed by atoms with Crippen molar-refractivity contribution in [3.8, 4) is 5.75 Å². The van der Waals surface area contributed by atoms with Crippen molar-refractivity contribution < 1.29 is 26.7 Å². The average Bonchev–Trinajstić information content (AvgIpc) is 2.87. The number of halogens is 4. The molecule has 22 heavy (non-hydrogen) atoms. The van der Waals surface area contributed by atoms with Crippen LogP contribution in [-0.2, 0) is 12.8 Å². The third-order valence-corrected chi connectivity index (χ3v) is 3.17. The van der Waals surface area contributed by atoms with Gasteiger partial charge in [0, 0.05) is 10.9 Å². The van der Waals surface area contributed by atoms with Crippen LogP contribution < -0.4 is 4.74 Å². The van der Waals surface area contributed by atoms with Crippen molar-refractivity contribution in [3.63, 3.8) is 0 Å². The summed E-state index contributed by atoms with van der Waals surface area (Å²) < 4.78 is 61.7. The molecule has 0 atom stereocenters. The molecule has 0 radical (unpaired) electrons. The molecule has 0 aliphatic heterocycles. The SMILES string of the molecule is Fc1ccc2occ(COc3cccc(C(F)(F)F)c3)c2c1. The number of hydrogen-bond donors (Lipinski definition) is 0. The van der Waals surface area contributed by atoms with Gasteiger partial charge in [0.1, 0.15) is 23.8 Å². The summed E-state index contributed by atoms with van der Waals surface area (Å²) in [5.74, 6) is -0.338. The van der Waals surface area contributed by atoms with Crippen LogP contribution in [-0.4, -0.2) is 0 Å². The summed E-state index contributed by atoms with van der Waals surface area (Å²) >= 11 is 0. The van der Waals surface area contributed by atoms with E-state index in [-0.39, 0.29) is 12.4 Å². The summed E-state index contributed by atoms with van der Waals surface area (Å²) in [6.45, 7) is -0.0161. The van der Waals surface area contributed by atoms with Gasteiger partial charge in [-0.25, -0.2) is 4.39 Å². The molecule has 3 rings (SSSR count). The van der Waals surface area contributed by atoms with Gasteiger partial charge < -0.3 is 9.15 Å². The number of ether oxygens (including phenoxy) is 1. The van der Waals surface area contributed by atoms with Crippen LogP contribution in [0.4, 0.5) is 17.6 Å². The van der Waals surface area contributed by atoms with Crippen molar-refractivity contribution in [1.29, 1.82) is 0 Å². The molecule has 0 unspecified atom stereocenters. The summed E-state index contributed by atoms with van der Waals surface area (Å²) in [7, 11) is 0. The molecule has 0 aliphatic carbocycles. The fourth-order valence-electron chi connectivity index (χ4n) is 2.09. The largest absolute Gasteiger partial charge is 0.489 e. The smallest absolute Gasteiger partial charge is 0.416 e. The first-order valence-electron chi connectivity index (χ1n) is 6.39. The molecule has 3 aromatic rings. The van der Waals surface area contributed by atoms with Gasteiger partial charge in [-0.1, -0.05) is 6.07 Å². The van der Waals surface area contributed by atoms with Crippen molar-refractivity contribution >= 4 is 11.0 Å². The highest BCUT2D eigenvalue weighted by molar-refractivity contribution is 5.80. The van der Waals surface area contributed by atoms with Crippen LogP contribution in [0.3, 0.4) is 0 Å². The topological polar surface area (TPSA) is 22.4 Å². The third kappa shape index (κ3) is 2.90. The molecule has 1 aromatic heterocycles.